The molecule has 0 spiro atoms. The van der Waals surface area contributed by atoms with E-state index in [2.05, 4.69) is 37.1 Å². The van der Waals surface area contributed by atoms with Crippen molar-refractivity contribution in [1.29, 1.82) is 0 Å². The molecule has 100 valence electrons. The molecule has 2 N–H and O–H groups in total. The summed E-state index contributed by atoms with van der Waals surface area (Å²) in [5.41, 5.74) is 12.1. The fourth-order valence-electron chi connectivity index (χ4n) is 2.30. The molecule has 0 aliphatic rings. The summed E-state index contributed by atoms with van der Waals surface area (Å²) in [5, 5.41) is 4.64. The molecular weight excluding hydrogens is 246 g/mol. The van der Waals surface area contributed by atoms with E-state index in [-0.39, 0.29) is 0 Å². The van der Waals surface area contributed by atoms with Crippen LogP contribution in [-0.2, 0) is 0 Å². The predicted molar refractivity (Wildman–Crippen MR) is 82.9 cm³/mol. The molecule has 0 amide bonds. The molecule has 0 saturated heterocycles. The van der Waals surface area contributed by atoms with Gasteiger partial charge in [0.2, 0.25) is 0 Å². The Morgan fingerprint density at radius 3 is 2.50 bits per heavy atom. The lowest BCUT2D eigenvalue weighted by atomic mass is 10.1. The molecule has 20 heavy (non-hydrogen) atoms. The number of nitrogen functional groups attached to an aromatic ring is 1. The van der Waals surface area contributed by atoms with Gasteiger partial charge in [0.15, 0.2) is 0 Å². The van der Waals surface area contributed by atoms with Gasteiger partial charge in [-0.2, -0.15) is 5.10 Å². The molecule has 3 nitrogen and oxygen atoms in total. The van der Waals surface area contributed by atoms with Gasteiger partial charge in [0.1, 0.15) is 5.69 Å². The monoisotopic (exact) mass is 263 g/mol. The summed E-state index contributed by atoms with van der Waals surface area (Å²) < 4.78 is 1.86. The van der Waals surface area contributed by atoms with E-state index in [4.69, 9.17) is 5.73 Å². The van der Waals surface area contributed by atoms with Gasteiger partial charge in [0, 0.05) is 5.56 Å². The number of aromatic nitrogens is 2. The summed E-state index contributed by atoms with van der Waals surface area (Å²) in [4.78, 5) is 0. The first-order chi connectivity index (χ1) is 9.65. The topological polar surface area (TPSA) is 43.8 Å². The maximum Gasteiger partial charge on any atom is 0.116 e. The van der Waals surface area contributed by atoms with Gasteiger partial charge >= 0.3 is 0 Å². The largest absolute Gasteiger partial charge is 0.396 e. The minimum atomic E-state index is 0.692. The van der Waals surface area contributed by atoms with E-state index < -0.39 is 0 Å². The molecule has 0 saturated carbocycles. The van der Waals surface area contributed by atoms with Crippen molar-refractivity contribution in [3.05, 3.63) is 65.9 Å². The lowest BCUT2D eigenvalue weighted by Gasteiger charge is -2.06. The Labute approximate surface area is 118 Å². The third kappa shape index (κ3) is 2.18. The third-order valence-electron chi connectivity index (χ3n) is 3.40. The highest BCUT2D eigenvalue weighted by Crippen LogP contribution is 2.26. The number of rotatable bonds is 2. The highest BCUT2D eigenvalue weighted by atomic mass is 15.3. The molecule has 0 fully saturated rings. The van der Waals surface area contributed by atoms with Crippen molar-refractivity contribution in [1.82, 2.24) is 9.78 Å². The summed E-state index contributed by atoms with van der Waals surface area (Å²) in [6.45, 7) is 4.16. The summed E-state index contributed by atoms with van der Waals surface area (Å²) >= 11 is 0. The molecule has 0 unspecified atom stereocenters. The number of benzene rings is 2. The molecule has 0 aliphatic heterocycles. The van der Waals surface area contributed by atoms with E-state index in [0.29, 0.717) is 5.69 Å². The second-order valence-electron chi connectivity index (χ2n) is 5.03. The molecule has 0 aliphatic carbocycles. The first kappa shape index (κ1) is 12.5. The highest BCUT2D eigenvalue weighted by Gasteiger charge is 2.10. The minimum Gasteiger partial charge on any atom is -0.396 e. The molecule has 0 atom stereocenters. The molecule has 1 heterocycles. The number of anilines is 1. The van der Waals surface area contributed by atoms with Gasteiger partial charge in [-0.1, -0.05) is 42.5 Å². The number of hydrogen-bond donors (Lipinski definition) is 1. The lowest BCUT2D eigenvalue weighted by molar-refractivity contribution is 0.875. The van der Waals surface area contributed by atoms with Gasteiger partial charge in [-0.05, 0) is 31.0 Å². The van der Waals surface area contributed by atoms with Crippen LogP contribution in [0.5, 0.6) is 0 Å². The van der Waals surface area contributed by atoms with Crippen molar-refractivity contribution >= 4 is 5.69 Å². The Morgan fingerprint density at radius 1 is 1.00 bits per heavy atom. The average molecular weight is 263 g/mol. The Morgan fingerprint density at radius 2 is 1.75 bits per heavy atom. The molecule has 1 aromatic heterocycles. The van der Waals surface area contributed by atoms with Crippen LogP contribution in [0.1, 0.15) is 11.1 Å². The van der Waals surface area contributed by atoms with Crippen LogP contribution >= 0.6 is 0 Å². The Balaban J connectivity index is 2.11. The number of nitrogens with zero attached hydrogens (tertiary/aromatic N) is 2. The van der Waals surface area contributed by atoms with Crippen molar-refractivity contribution in [3.63, 3.8) is 0 Å². The van der Waals surface area contributed by atoms with Crippen LogP contribution in [0, 0.1) is 13.8 Å². The van der Waals surface area contributed by atoms with Crippen molar-refractivity contribution in [2.24, 2.45) is 0 Å². The Hall–Kier alpha value is -2.55. The molecular formula is C17H17N3. The Bertz CT molecular complexity index is 742. The van der Waals surface area contributed by atoms with Crippen LogP contribution in [0.15, 0.2) is 54.7 Å². The van der Waals surface area contributed by atoms with Crippen LogP contribution in [0.2, 0.25) is 0 Å². The van der Waals surface area contributed by atoms with Gasteiger partial charge in [-0.15, -0.1) is 0 Å². The Kier molecular flexibility index (Phi) is 3.03. The van der Waals surface area contributed by atoms with Gasteiger partial charge in [0.05, 0.1) is 17.6 Å². The fraction of sp³-hybridized carbons (Fsp3) is 0.118. The summed E-state index contributed by atoms with van der Waals surface area (Å²) in [6, 6.07) is 16.3. The average Bonchev–Trinajstić information content (AvgIpc) is 2.84. The number of nitrogens with two attached hydrogens (primary N) is 1. The SMILES string of the molecule is Cc1ccc(C)c(-n2cc(N)c(-c3ccccc3)n2)c1. The van der Waals surface area contributed by atoms with E-state index in [1.165, 1.54) is 11.1 Å². The van der Waals surface area contributed by atoms with E-state index in [9.17, 15) is 0 Å². The zero-order valence-electron chi connectivity index (χ0n) is 11.7. The first-order valence-corrected chi connectivity index (χ1v) is 6.63. The van der Waals surface area contributed by atoms with Crippen molar-refractivity contribution in [2.45, 2.75) is 13.8 Å². The molecule has 2 aromatic carbocycles. The second-order valence-corrected chi connectivity index (χ2v) is 5.03. The lowest BCUT2D eigenvalue weighted by Crippen LogP contribution is -1.98. The number of hydrogen-bond acceptors (Lipinski definition) is 2. The van der Waals surface area contributed by atoms with Gasteiger partial charge < -0.3 is 5.73 Å². The van der Waals surface area contributed by atoms with Crippen molar-refractivity contribution in [3.8, 4) is 16.9 Å². The molecule has 3 aromatic rings. The normalized spacial score (nSPS) is 10.7. The highest BCUT2D eigenvalue weighted by molar-refractivity contribution is 5.72. The van der Waals surface area contributed by atoms with Crippen LogP contribution < -0.4 is 5.73 Å². The minimum absolute atomic E-state index is 0.692. The fourth-order valence-corrected chi connectivity index (χ4v) is 2.30. The van der Waals surface area contributed by atoms with Crippen LogP contribution in [-0.4, -0.2) is 9.78 Å². The van der Waals surface area contributed by atoms with Crippen molar-refractivity contribution in [2.75, 3.05) is 5.73 Å². The van der Waals surface area contributed by atoms with E-state index in [1.54, 1.807) is 0 Å². The third-order valence-corrected chi connectivity index (χ3v) is 3.40. The zero-order valence-corrected chi connectivity index (χ0v) is 11.7. The quantitative estimate of drug-likeness (QED) is 0.765. The molecule has 0 radical (unpaired) electrons. The van der Waals surface area contributed by atoms with E-state index >= 15 is 0 Å². The van der Waals surface area contributed by atoms with Gasteiger partial charge in [0.25, 0.3) is 0 Å². The second kappa shape index (κ2) is 4.85. The maximum absolute atomic E-state index is 6.12. The summed E-state index contributed by atoms with van der Waals surface area (Å²) in [5.74, 6) is 0. The molecule has 3 heteroatoms. The van der Waals surface area contributed by atoms with Crippen LogP contribution in [0.25, 0.3) is 16.9 Å². The summed E-state index contributed by atoms with van der Waals surface area (Å²) in [6.07, 6.45) is 1.88. The van der Waals surface area contributed by atoms with E-state index in [1.807, 2.05) is 41.2 Å². The van der Waals surface area contributed by atoms with Gasteiger partial charge in [-0.3, -0.25) is 0 Å². The standard InChI is InChI=1S/C17H17N3/c1-12-8-9-13(2)16(10-12)20-11-15(18)17(19-20)14-6-4-3-5-7-14/h3-11H,18H2,1-2H3. The van der Waals surface area contributed by atoms with Crippen LogP contribution in [0.4, 0.5) is 5.69 Å². The van der Waals surface area contributed by atoms with Crippen LogP contribution in [0.3, 0.4) is 0 Å². The smallest absolute Gasteiger partial charge is 0.116 e. The molecule has 3 rings (SSSR count). The molecule has 0 bridgehead atoms. The van der Waals surface area contributed by atoms with Gasteiger partial charge in [-0.25, -0.2) is 4.68 Å². The summed E-state index contributed by atoms with van der Waals surface area (Å²) in [7, 11) is 0. The number of aryl methyl sites for hydroxylation is 2. The van der Waals surface area contributed by atoms with E-state index in [0.717, 1.165) is 16.9 Å². The zero-order chi connectivity index (χ0) is 14.1. The maximum atomic E-state index is 6.12. The van der Waals surface area contributed by atoms with Crippen molar-refractivity contribution < 1.29 is 0 Å². The first-order valence-electron chi connectivity index (χ1n) is 6.63. The predicted octanol–water partition coefficient (Wildman–Crippen LogP) is 3.74.